The topological polar surface area (TPSA) is 64.9 Å². The molecule has 0 saturated heterocycles. The molecule has 27 heavy (non-hydrogen) atoms. The second kappa shape index (κ2) is 8.65. The molecule has 4 nitrogen and oxygen atoms in total. The summed E-state index contributed by atoms with van der Waals surface area (Å²) in [7, 11) is 0. The van der Waals surface area contributed by atoms with Crippen molar-refractivity contribution in [1.29, 1.82) is 0 Å². The van der Waals surface area contributed by atoms with Crippen LogP contribution < -0.4 is 5.73 Å². The SMILES string of the molecule is Cl.NC1(c2noc(CSC(c3ccccc3)c3ccc(Cl)cc3)n2)CCC1. The normalized spacial score (nSPS) is 16.2. The van der Waals surface area contributed by atoms with E-state index in [1.165, 1.54) is 11.1 Å². The second-order valence-corrected chi connectivity index (χ2v) is 8.20. The molecule has 4 rings (SSSR count). The third-order valence-electron chi connectivity index (χ3n) is 4.81. The Balaban J connectivity index is 0.00000210. The van der Waals surface area contributed by atoms with E-state index < -0.39 is 0 Å². The summed E-state index contributed by atoms with van der Waals surface area (Å²) in [6, 6.07) is 18.4. The van der Waals surface area contributed by atoms with Crippen molar-refractivity contribution in [2.45, 2.75) is 35.8 Å². The number of aromatic nitrogens is 2. The Labute approximate surface area is 174 Å². The average Bonchev–Trinajstić information content (AvgIpc) is 3.11. The number of hydrogen-bond acceptors (Lipinski definition) is 5. The van der Waals surface area contributed by atoms with Gasteiger partial charge in [-0.3, -0.25) is 0 Å². The molecule has 7 heteroatoms. The fourth-order valence-electron chi connectivity index (χ4n) is 3.10. The van der Waals surface area contributed by atoms with Crippen molar-refractivity contribution < 1.29 is 4.52 Å². The first-order valence-corrected chi connectivity index (χ1v) is 10.1. The molecule has 2 N–H and O–H groups in total. The van der Waals surface area contributed by atoms with Crippen LogP contribution in [-0.4, -0.2) is 10.1 Å². The van der Waals surface area contributed by atoms with Crippen molar-refractivity contribution in [2.75, 3.05) is 0 Å². The van der Waals surface area contributed by atoms with E-state index in [4.69, 9.17) is 21.9 Å². The zero-order chi connectivity index (χ0) is 18.0. The Morgan fingerprint density at radius 2 is 1.74 bits per heavy atom. The van der Waals surface area contributed by atoms with E-state index >= 15 is 0 Å². The Morgan fingerprint density at radius 3 is 2.37 bits per heavy atom. The molecule has 0 radical (unpaired) electrons. The van der Waals surface area contributed by atoms with E-state index in [-0.39, 0.29) is 23.2 Å². The standard InChI is InChI=1S/C20H20ClN3OS.ClH/c21-16-9-7-15(8-10-16)18(14-5-2-1-3-6-14)26-13-17-23-19(24-25-17)20(22)11-4-12-20;/h1-3,5-10,18H,4,11-13,22H2;1H. The van der Waals surface area contributed by atoms with Crippen molar-refractivity contribution in [3.05, 3.63) is 82.5 Å². The monoisotopic (exact) mass is 421 g/mol. The summed E-state index contributed by atoms with van der Waals surface area (Å²) in [4.78, 5) is 4.53. The third-order valence-corrected chi connectivity index (χ3v) is 6.35. The van der Waals surface area contributed by atoms with Crippen LogP contribution in [-0.2, 0) is 11.3 Å². The molecule has 1 heterocycles. The van der Waals surface area contributed by atoms with Gasteiger partial charge in [0, 0.05) is 5.02 Å². The summed E-state index contributed by atoms with van der Waals surface area (Å²) in [5, 5.41) is 5.01. The van der Waals surface area contributed by atoms with E-state index in [9.17, 15) is 0 Å². The minimum Gasteiger partial charge on any atom is -0.338 e. The maximum absolute atomic E-state index is 6.29. The molecule has 0 bridgehead atoms. The lowest BCUT2D eigenvalue weighted by atomic mass is 9.77. The van der Waals surface area contributed by atoms with Gasteiger partial charge in [0.1, 0.15) is 0 Å². The smallest absolute Gasteiger partial charge is 0.236 e. The number of halogens is 2. The number of hydrogen-bond donors (Lipinski definition) is 1. The summed E-state index contributed by atoms with van der Waals surface area (Å²) in [5.74, 6) is 1.89. The van der Waals surface area contributed by atoms with Crippen molar-refractivity contribution in [3.63, 3.8) is 0 Å². The van der Waals surface area contributed by atoms with Gasteiger partial charge in [-0.2, -0.15) is 4.98 Å². The number of nitrogens with two attached hydrogens (primary N) is 1. The molecule has 1 aromatic heterocycles. The van der Waals surface area contributed by atoms with Gasteiger partial charge in [-0.25, -0.2) is 0 Å². The molecule has 1 saturated carbocycles. The van der Waals surface area contributed by atoms with Crippen molar-refractivity contribution in [3.8, 4) is 0 Å². The highest BCUT2D eigenvalue weighted by atomic mass is 35.5. The van der Waals surface area contributed by atoms with E-state index in [0.29, 0.717) is 17.5 Å². The molecule has 0 aliphatic heterocycles. The van der Waals surface area contributed by atoms with E-state index in [2.05, 4.69) is 46.5 Å². The van der Waals surface area contributed by atoms with Crippen LogP contribution in [0.15, 0.2) is 59.1 Å². The lowest BCUT2D eigenvalue weighted by Gasteiger charge is -2.34. The van der Waals surface area contributed by atoms with Crippen LogP contribution in [0.4, 0.5) is 0 Å². The molecular formula is C20H21Cl2N3OS. The second-order valence-electron chi connectivity index (χ2n) is 6.67. The van der Waals surface area contributed by atoms with Gasteiger partial charge in [0.15, 0.2) is 5.82 Å². The molecule has 1 aliphatic rings. The van der Waals surface area contributed by atoms with Gasteiger partial charge in [0.25, 0.3) is 0 Å². The lowest BCUT2D eigenvalue weighted by Crippen LogP contribution is -2.44. The first kappa shape index (κ1) is 20.2. The fraction of sp³-hybridized carbons (Fsp3) is 0.300. The van der Waals surface area contributed by atoms with Crippen LogP contribution in [0.1, 0.15) is 47.4 Å². The number of nitrogens with zero attached hydrogens (tertiary/aromatic N) is 2. The Bertz CT molecular complexity index is 866. The first-order valence-electron chi connectivity index (χ1n) is 8.68. The quantitative estimate of drug-likeness (QED) is 0.568. The van der Waals surface area contributed by atoms with Gasteiger partial charge in [-0.05, 0) is 42.5 Å². The van der Waals surface area contributed by atoms with Crippen LogP contribution in [0, 0.1) is 0 Å². The number of thioether (sulfide) groups is 1. The maximum atomic E-state index is 6.29. The highest BCUT2D eigenvalue weighted by molar-refractivity contribution is 7.98. The molecular weight excluding hydrogens is 401 g/mol. The minimum absolute atomic E-state index is 0. The zero-order valence-corrected chi connectivity index (χ0v) is 17.1. The molecule has 2 aromatic carbocycles. The minimum atomic E-state index is -0.387. The van der Waals surface area contributed by atoms with Crippen LogP contribution in [0.5, 0.6) is 0 Å². The third kappa shape index (κ3) is 4.49. The molecule has 0 amide bonds. The summed E-state index contributed by atoms with van der Waals surface area (Å²) < 4.78 is 5.44. The summed E-state index contributed by atoms with van der Waals surface area (Å²) in [6.45, 7) is 0. The molecule has 1 aliphatic carbocycles. The molecule has 3 aromatic rings. The van der Waals surface area contributed by atoms with Gasteiger partial charge < -0.3 is 10.3 Å². The van der Waals surface area contributed by atoms with Gasteiger partial charge in [-0.15, -0.1) is 24.2 Å². The molecule has 1 unspecified atom stereocenters. The Kier molecular flexibility index (Phi) is 6.48. The zero-order valence-electron chi connectivity index (χ0n) is 14.7. The maximum Gasteiger partial charge on any atom is 0.236 e. The van der Waals surface area contributed by atoms with Crippen LogP contribution in [0.25, 0.3) is 0 Å². The van der Waals surface area contributed by atoms with E-state index in [1.807, 2.05) is 18.2 Å². The van der Waals surface area contributed by atoms with Crippen LogP contribution in [0.3, 0.4) is 0 Å². The highest BCUT2D eigenvalue weighted by Crippen LogP contribution is 2.39. The predicted molar refractivity (Wildman–Crippen MR) is 112 cm³/mol. The fourth-order valence-corrected chi connectivity index (χ4v) is 4.35. The van der Waals surface area contributed by atoms with Gasteiger partial charge in [0.05, 0.1) is 16.5 Å². The Morgan fingerprint density at radius 1 is 1.07 bits per heavy atom. The van der Waals surface area contributed by atoms with Crippen molar-refractivity contribution >= 4 is 35.8 Å². The summed E-state index contributed by atoms with van der Waals surface area (Å²) >= 11 is 7.80. The highest BCUT2D eigenvalue weighted by Gasteiger charge is 2.39. The van der Waals surface area contributed by atoms with Crippen molar-refractivity contribution in [2.24, 2.45) is 5.73 Å². The molecule has 142 valence electrons. The van der Waals surface area contributed by atoms with Gasteiger partial charge in [-0.1, -0.05) is 59.2 Å². The first-order chi connectivity index (χ1) is 12.6. The van der Waals surface area contributed by atoms with E-state index in [0.717, 1.165) is 24.3 Å². The average molecular weight is 422 g/mol. The lowest BCUT2D eigenvalue weighted by molar-refractivity contribution is 0.229. The summed E-state index contributed by atoms with van der Waals surface area (Å²) in [6.07, 6.45) is 2.98. The largest absolute Gasteiger partial charge is 0.338 e. The number of benzene rings is 2. The summed E-state index contributed by atoms with van der Waals surface area (Å²) in [5.41, 5.74) is 8.32. The van der Waals surface area contributed by atoms with Crippen LogP contribution in [0.2, 0.25) is 5.02 Å². The predicted octanol–water partition coefficient (Wildman–Crippen LogP) is 5.51. The van der Waals surface area contributed by atoms with Crippen molar-refractivity contribution in [1.82, 2.24) is 10.1 Å². The van der Waals surface area contributed by atoms with Crippen LogP contribution >= 0.6 is 35.8 Å². The van der Waals surface area contributed by atoms with Gasteiger partial charge >= 0.3 is 0 Å². The molecule has 1 atom stereocenters. The molecule has 1 fully saturated rings. The van der Waals surface area contributed by atoms with Gasteiger partial charge in [0.2, 0.25) is 5.89 Å². The Hall–Kier alpha value is -1.53. The number of rotatable bonds is 6. The molecule has 0 spiro atoms. The van der Waals surface area contributed by atoms with E-state index in [1.54, 1.807) is 11.8 Å².